The van der Waals surface area contributed by atoms with Crippen LogP contribution in [0.25, 0.3) is 0 Å². The Morgan fingerprint density at radius 2 is 2.38 bits per heavy atom. The molecule has 0 radical (unpaired) electrons. The predicted molar refractivity (Wildman–Crippen MR) is 49.2 cm³/mol. The van der Waals surface area contributed by atoms with Crippen LogP contribution in [0.15, 0.2) is 24.4 Å². The largest absolute Gasteiger partial charge is 0.356 e. The first-order valence-corrected chi connectivity index (χ1v) is 4.56. The van der Waals surface area contributed by atoms with Gasteiger partial charge in [0, 0.05) is 12.7 Å². The van der Waals surface area contributed by atoms with Gasteiger partial charge in [0.15, 0.2) is 0 Å². The Morgan fingerprint density at radius 1 is 1.46 bits per heavy atom. The third-order valence-electron chi connectivity index (χ3n) is 2.33. The Kier molecular flexibility index (Phi) is 2.25. The summed E-state index contributed by atoms with van der Waals surface area (Å²) in [5.41, 5.74) is 0.889. The molecule has 1 aromatic heterocycles. The van der Waals surface area contributed by atoms with Gasteiger partial charge in [-0.25, -0.2) is 0 Å². The fourth-order valence-corrected chi connectivity index (χ4v) is 1.64. The molecule has 1 aliphatic rings. The Bertz CT molecular complexity index is 297. The SMILES string of the molecule is O=C1NCCCC1c1ccccn1. The van der Waals surface area contributed by atoms with E-state index in [1.54, 1.807) is 6.20 Å². The normalized spacial score (nSPS) is 22.5. The topological polar surface area (TPSA) is 42.0 Å². The second-order valence-electron chi connectivity index (χ2n) is 3.24. The van der Waals surface area contributed by atoms with Gasteiger partial charge in [-0.2, -0.15) is 0 Å². The number of rotatable bonds is 1. The third-order valence-corrected chi connectivity index (χ3v) is 2.33. The Hall–Kier alpha value is -1.38. The molecule has 2 heterocycles. The van der Waals surface area contributed by atoms with Crippen LogP contribution < -0.4 is 5.32 Å². The van der Waals surface area contributed by atoms with Crippen molar-refractivity contribution in [1.29, 1.82) is 0 Å². The summed E-state index contributed by atoms with van der Waals surface area (Å²) in [5.74, 6) is 0.0832. The molecule has 2 rings (SSSR count). The van der Waals surface area contributed by atoms with Gasteiger partial charge in [-0.1, -0.05) is 6.07 Å². The summed E-state index contributed by atoms with van der Waals surface area (Å²) >= 11 is 0. The molecular formula is C10H12N2O. The highest BCUT2D eigenvalue weighted by molar-refractivity contribution is 5.83. The maximum atomic E-state index is 11.4. The van der Waals surface area contributed by atoms with E-state index in [1.165, 1.54) is 0 Å². The predicted octanol–water partition coefficient (Wildman–Crippen LogP) is 1.08. The lowest BCUT2D eigenvalue weighted by atomic mass is 9.95. The smallest absolute Gasteiger partial charge is 0.229 e. The van der Waals surface area contributed by atoms with Crippen LogP contribution in [0.5, 0.6) is 0 Å². The van der Waals surface area contributed by atoms with E-state index in [-0.39, 0.29) is 11.8 Å². The standard InChI is InChI=1S/C10H12N2O/c13-10-8(4-3-7-12-10)9-5-1-2-6-11-9/h1-2,5-6,8H,3-4,7H2,(H,12,13). The third kappa shape index (κ3) is 1.69. The number of carbonyl (C=O) groups excluding carboxylic acids is 1. The lowest BCUT2D eigenvalue weighted by Gasteiger charge is -2.20. The molecule has 0 bridgehead atoms. The number of amides is 1. The van der Waals surface area contributed by atoms with Gasteiger partial charge in [-0.05, 0) is 25.0 Å². The van der Waals surface area contributed by atoms with Gasteiger partial charge in [0.1, 0.15) is 0 Å². The highest BCUT2D eigenvalue weighted by Crippen LogP contribution is 2.21. The molecule has 0 saturated carbocycles. The molecule has 1 saturated heterocycles. The van der Waals surface area contributed by atoms with Gasteiger partial charge in [0.2, 0.25) is 5.91 Å². The van der Waals surface area contributed by atoms with E-state index in [4.69, 9.17) is 0 Å². The quantitative estimate of drug-likeness (QED) is 0.695. The van der Waals surface area contributed by atoms with E-state index in [0.29, 0.717) is 0 Å². The molecule has 1 N–H and O–H groups in total. The first-order chi connectivity index (χ1) is 6.38. The lowest BCUT2D eigenvalue weighted by molar-refractivity contribution is -0.123. The molecule has 0 aromatic carbocycles. The molecule has 1 aromatic rings. The van der Waals surface area contributed by atoms with E-state index in [0.717, 1.165) is 25.1 Å². The van der Waals surface area contributed by atoms with E-state index >= 15 is 0 Å². The Balaban J connectivity index is 2.20. The van der Waals surface area contributed by atoms with E-state index in [9.17, 15) is 4.79 Å². The van der Waals surface area contributed by atoms with Gasteiger partial charge in [0.25, 0.3) is 0 Å². The van der Waals surface area contributed by atoms with Crippen molar-refractivity contribution in [3.63, 3.8) is 0 Å². The molecule has 1 fully saturated rings. The fraction of sp³-hybridized carbons (Fsp3) is 0.400. The zero-order chi connectivity index (χ0) is 9.10. The molecule has 3 nitrogen and oxygen atoms in total. The highest BCUT2D eigenvalue weighted by atomic mass is 16.1. The average molecular weight is 176 g/mol. The second-order valence-corrected chi connectivity index (χ2v) is 3.24. The van der Waals surface area contributed by atoms with Crippen LogP contribution in [0, 0.1) is 0 Å². The van der Waals surface area contributed by atoms with Crippen molar-refractivity contribution in [3.8, 4) is 0 Å². The van der Waals surface area contributed by atoms with Crippen molar-refractivity contribution in [2.24, 2.45) is 0 Å². The number of hydrogen-bond donors (Lipinski definition) is 1. The molecule has 0 aliphatic carbocycles. The zero-order valence-corrected chi connectivity index (χ0v) is 7.36. The minimum Gasteiger partial charge on any atom is -0.356 e. The van der Waals surface area contributed by atoms with Crippen molar-refractivity contribution in [2.45, 2.75) is 18.8 Å². The average Bonchev–Trinajstić information content (AvgIpc) is 2.20. The number of nitrogens with one attached hydrogen (secondary N) is 1. The monoisotopic (exact) mass is 176 g/mol. The maximum Gasteiger partial charge on any atom is 0.229 e. The fourth-order valence-electron chi connectivity index (χ4n) is 1.64. The Labute approximate surface area is 77.2 Å². The Morgan fingerprint density at radius 3 is 3.08 bits per heavy atom. The highest BCUT2D eigenvalue weighted by Gasteiger charge is 2.24. The minimum atomic E-state index is -0.0325. The summed E-state index contributed by atoms with van der Waals surface area (Å²) in [7, 11) is 0. The molecule has 1 unspecified atom stereocenters. The van der Waals surface area contributed by atoms with E-state index in [1.807, 2.05) is 18.2 Å². The van der Waals surface area contributed by atoms with Crippen molar-refractivity contribution >= 4 is 5.91 Å². The van der Waals surface area contributed by atoms with Gasteiger partial charge in [-0.3, -0.25) is 9.78 Å². The molecule has 13 heavy (non-hydrogen) atoms. The van der Waals surface area contributed by atoms with Gasteiger partial charge in [-0.15, -0.1) is 0 Å². The van der Waals surface area contributed by atoms with Crippen molar-refractivity contribution in [1.82, 2.24) is 10.3 Å². The first kappa shape index (κ1) is 8.23. The first-order valence-electron chi connectivity index (χ1n) is 4.56. The van der Waals surface area contributed by atoms with Crippen molar-refractivity contribution in [3.05, 3.63) is 30.1 Å². The molecule has 68 valence electrons. The van der Waals surface area contributed by atoms with E-state index in [2.05, 4.69) is 10.3 Å². The van der Waals surface area contributed by atoms with Gasteiger partial charge >= 0.3 is 0 Å². The summed E-state index contributed by atoms with van der Waals surface area (Å²) in [6, 6.07) is 5.70. The summed E-state index contributed by atoms with van der Waals surface area (Å²) in [5, 5.41) is 2.85. The van der Waals surface area contributed by atoms with Crippen LogP contribution in [0.4, 0.5) is 0 Å². The number of piperidine rings is 1. The summed E-state index contributed by atoms with van der Waals surface area (Å²) < 4.78 is 0. The van der Waals surface area contributed by atoms with Crippen LogP contribution in [0.3, 0.4) is 0 Å². The van der Waals surface area contributed by atoms with Crippen LogP contribution >= 0.6 is 0 Å². The molecule has 1 amide bonds. The molecule has 1 aliphatic heterocycles. The van der Waals surface area contributed by atoms with Crippen LogP contribution in [-0.4, -0.2) is 17.4 Å². The van der Waals surface area contributed by atoms with Crippen molar-refractivity contribution in [2.75, 3.05) is 6.54 Å². The lowest BCUT2D eigenvalue weighted by Crippen LogP contribution is -2.35. The minimum absolute atomic E-state index is 0.0325. The summed E-state index contributed by atoms with van der Waals surface area (Å²) in [6.45, 7) is 0.808. The number of pyridine rings is 1. The van der Waals surface area contributed by atoms with E-state index < -0.39 is 0 Å². The molecule has 0 spiro atoms. The molecule has 1 atom stereocenters. The van der Waals surface area contributed by atoms with Crippen LogP contribution in [-0.2, 0) is 4.79 Å². The molecular weight excluding hydrogens is 164 g/mol. The maximum absolute atomic E-state index is 11.4. The second kappa shape index (κ2) is 3.56. The summed E-state index contributed by atoms with van der Waals surface area (Å²) in [4.78, 5) is 15.6. The number of hydrogen-bond acceptors (Lipinski definition) is 2. The van der Waals surface area contributed by atoms with Crippen LogP contribution in [0.2, 0.25) is 0 Å². The number of nitrogens with zero attached hydrogens (tertiary/aromatic N) is 1. The summed E-state index contributed by atoms with van der Waals surface area (Å²) in [6.07, 6.45) is 3.70. The van der Waals surface area contributed by atoms with Gasteiger partial charge in [0.05, 0.1) is 11.6 Å². The zero-order valence-electron chi connectivity index (χ0n) is 7.36. The number of carbonyl (C=O) groups is 1. The molecule has 3 heteroatoms. The van der Waals surface area contributed by atoms with Crippen molar-refractivity contribution < 1.29 is 4.79 Å². The van der Waals surface area contributed by atoms with Crippen LogP contribution in [0.1, 0.15) is 24.5 Å². The van der Waals surface area contributed by atoms with Gasteiger partial charge < -0.3 is 5.32 Å². The number of aromatic nitrogens is 1.